The highest BCUT2D eigenvalue weighted by Gasteiger charge is 2.14. The van der Waals surface area contributed by atoms with E-state index in [1.807, 2.05) is 36.5 Å². The Labute approximate surface area is 190 Å². The second-order valence-electron chi connectivity index (χ2n) is 7.39. The first kappa shape index (κ1) is 21.8. The molecular formula is C25H22FN5O2. The average Bonchev–Trinajstić information content (AvgIpc) is 3.27. The number of nitrogens with one attached hydrogen (secondary N) is 2. The molecule has 0 radical (unpaired) electrons. The molecule has 166 valence electrons. The van der Waals surface area contributed by atoms with Gasteiger partial charge < -0.3 is 16.4 Å². The fraction of sp³-hybridized carbons (Fsp3) is 0.0800. The number of urea groups is 1. The third kappa shape index (κ3) is 5.43. The summed E-state index contributed by atoms with van der Waals surface area (Å²) < 4.78 is 15.2. The topological polar surface area (TPSA) is 102 Å². The number of primary amides is 1. The molecule has 0 aliphatic rings. The zero-order valence-corrected chi connectivity index (χ0v) is 17.7. The lowest BCUT2D eigenvalue weighted by Gasteiger charge is -2.07. The number of nitrogens with zero attached hydrogens (tertiary/aromatic N) is 2. The number of hydrogen-bond acceptors (Lipinski definition) is 3. The third-order valence-electron chi connectivity index (χ3n) is 5.05. The minimum atomic E-state index is -0.607. The van der Waals surface area contributed by atoms with E-state index in [0.29, 0.717) is 11.3 Å². The van der Waals surface area contributed by atoms with Gasteiger partial charge in [0.05, 0.1) is 11.4 Å². The van der Waals surface area contributed by atoms with Crippen LogP contribution in [0.15, 0.2) is 85.1 Å². The van der Waals surface area contributed by atoms with Gasteiger partial charge in [-0.25, -0.2) is 13.9 Å². The van der Waals surface area contributed by atoms with Crippen LogP contribution in [0.25, 0.3) is 16.9 Å². The minimum absolute atomic E-state index is 0.239. The molecule has 3 aromatic carbocycles. The molecule has 4 rings (SSSR count). The molecular weight excluding hydrogens is 421 g/mol. The zero-order chi connectivity index (χ0) is 23.2. The summed E-state index contributed by atoms with van der Waals surface area (Å²) in [6, 6.07) is 22.0. The Kier molecular flexibility index (Phi) is 6.45. The van der Waals surface area contributed by atoms with E-state index in [-0.39, 0.29) is 24.8 Å². The number of halogens is 1. The van der Waals surface area contributed by atoms with E-state index in [0.717, 1.165) is 22.4 Å². The Morgan fingerprint density at radius 3 is 2.24 bits per heavy atom. The molecule has 0 aliphatic carbocycles. The van der Waals surface area contributed by atoms with Crippen molar-refractivity contribution in [1.82, 2.24) is 20.4 Å². The predicted octanol–water partition coefficient (Wildman–Crippen LogP) is 3.78. The quantitative estimate of drug-likeness (QED) is 0.405. The highest BCUT2D eigenvalue weighted by Crippen LogP contribution is 2.24. The van der Waals surface area contributed by atoms with E-state index in [1.54, 1.807) is 41.1 Å². The highest BCUT2D eigenvalue weighted by atomic mass is 19.1. The van der Waals surface area contributed by atoms with Crippen molar-refractivity contribution in [2.75, 3.05) is 0 Å². The van der Waals surface area contributed by atoms with Crippen molar-refractivity contribution in [3.63, 3.8) is 0 Å². The number of aromatic nitrogens is 2. The van der Waals surface area contributed by atoms with Gasteiger partial charge in [0.2, 0.25) is 0 Å². The molecule has 4 aromatic rings. The van der Waals surface area contributed by atoms with Gasteiger partial charge in [0, 0.05) is 36.0 Å². The number of amides is 3. The molecule has 33 heavy (non-hydrogen) atoms. The van der Waals surface area contributed by atoms with Crippen molar-refractivity contribution < 1.29 is 14.0 Å². The van der Waals surface area contributed by atoms with E-state index in [2.05, 4.69) is 15.7 Å². The van der Waals surface area contributed by atoms with Gasteiger partial charge in [-0.3, -0.25) is 4.79 Å². The van der Waals surface area contributed by atoms with Crippen molar-refractivity contribution in [3.8, 4) is 16.9 Å². The van der Waals surface area contributed by atoms with Gasteiger partial charge in [0.25, 0.3) is 5.91 Å². The molecule has 1 heterocycles. The summed E-state index contributed by atoms with van der Waals surface area (Å²) in [6.07, 6.45) is 1.85. The van der Waals surface area contributed by atoms with Crippen LogP contribution in [-0.2, 0) is 13.1 Å². The van der Waals surface area contributed by atoms with E-state index >= 15 is 0 Å². The van der Waals surface area contributed by atoms with Crippen LogP contribution in [0.1, 0.15) is 21.5 Å². The van der Waals surface area contributed by atoms with Crippen LogP contribution >= 0.6 is 0 Å². The minimum Gasteiger partial charge on any atom is -0.352 e. The molecule has 3 amide bonds. The summed E-state index contributed by atoms with van der Waals surface area (Å²) in [4.78, 5) is 23.5. The molecule has 7 nitrogen and oxygen atoms in total. The van der Waals surface area contributed by atoms with Crippen molar-refractivity contribution in [2.45, 2.75) is 13.1 Å². The Morgan fingerprint density at radius 1 is 0.879 bits per heavy atom. The van der Waals surface area contributed by atoms with Crippen LogP contribution in [0.3, 0.4) is 0 Å². The Morgan fingerprint density at radius 2 is 1.58 bits per heavy atom. The predicted molar refractivity (Wildman–Crippen MR) is 123 cm³/mol. The molecule has 8 heteroatoms. The van der Waals surface area contributed by atoms with Gasteiger partial charge in [-0.2, -0.15) is 5.10 Å². The smallest absolute Gasteiger partial charge is 0.312 e. The number of nitrogens with two attached hydrogens (primary N) is 1. The number of benzene rings is 3. The SMILES string of the molecule is NC(=O)NCc1ccc(C(=O)NCc2cn(-c3ccccc3)nc2-c2ccc(F)cc2)cc1. The molecule has 0 bridgehead atoms. The summed E-state index contributed by atoms with van der Waals surface area (Å²) in [7, 11) is 0. The maximum atomic E-state index is 13.4. The van der Waals surface area contributed by atoms with Gasteiger partial charge in [-0.15, -0.1) is 0 Å². The first-order chi connectivity index (χ1) is 16.0. The van der Waals surface area contributed by atoms with E-state index in [9.17, 15) is 14.0 Å². The van der Waals surface area contributed by atoms with Crippen LogP contribution in [-0.4, -0.2) is 21.7 Å². The lowest BCUT2D eigenvalue weighted by Crippen LogP contribution is -2.28. The highest BCUT2D eigenvalue weighted by molar-refractivity contribution is 5.94. The summed E-state index contributed by atoms with van der Waals surface area (Å²) >= 11 is 0. The van der Waals surface area contributed by atoms with Crippen LogP contribution in [0.5, 0.6) is 0 Å². The number of carbonyl (C=O) groups excluding carboxylic acids is 2. The third-order valence-corrected chi connectivity index (χ3v) is 5.05. The Balaban J connectivity index is 1.53. The zero-order valence-electron chi connectivity index (χ0n) is 17.7. The molecule has 0 atom stereocenters. The van der Waals surface area contributed by atoms with Gasteiger partial charge in [0.15, 0.2) is 0 Å². The number of carbonyl (C=O) groups is 2. The monoisotopic (exact) mass is 443 g/mol. The summed E-state index contributed by atoms with van der Waals surface area (Å²) in [5, 5.41) is 10.1. The van der Waals surface area contributed by atoms with Crippen molar-refractivity contribution in [1.29, 1.82) is 0 Å². The molecule has 4 N–H and O–H groups in total. The number of hydrogen-bond donors (Lipinski definition) is 3. The maximum absolute atomic E-state index is 13.4. The fourth-order valence-corrected chi connectivity index (χ4v) is 3.34. The van der Waals surface area contributed by atoms with Crippen LogP contribution in [0.4, 0.5) is 9.18 Å². The summed E-state index contributed by atoms with van der Waals surface area (Å²) in [5.74, 6) is -0.576. The van der Waals surface area contributed by atoms with Crippen LogP contribution < -0.4 is 16.4 Å². The standard InChI is InChI=1S/C25H22FN5O2/c26-21-12-10-18(11-13-21)23-20(16-31(30-23)22-4-2-1-3-5-22)15-28-24(32)19-8-6-17(7-9-19)14-29-25(27)33/h1-13,16H,14-15H2,(H,28,32)(H3,27,29,33). The summed E-state index contributed by atoms with van der Waals surface area (Å²) in [5.41, 5.74) is 9.46. The first-order valence-electron chi connectivity index (χ1n) is 10.3. The average molecular weight is 443 g/mol. The van der Waals surface area contributed by atoms with Crippen molar-refractivity contribution >= 4 is 11.9 Å². The largest absolute Gasteiger partial charge is 0.352 e. The van der Waals surface area contributed by atoms with E-state index in [1.165, 1.54) is 12.1 Å². The first-order valence-corrected chi connectivity index (χ1v) is 10.3. The summed E-state index contributed by atoms with van der Waals surface area (Å²) in [6.45, 7) is 0.528. The fourth-order valence-electron chi connectivity index (χ4n) is 3.34. The Hall–Kier alpha value is -4.46. The van der Waals surface area contributed by atoms with Gasteiger partial charge in [0.1, 0.15) is 5.82 Å². The molecule has 0 saturated heterocycles. The lowest BCUT2D eigenvalue weighted by molar-refractivity contribution is 0.0951. The molecule has 0 aliphatic heterocycles. The maximum Gasteiger partial charge on any atom is 0.312 e. The van der Waals surface area contributed by atoms with E-state index < -0.39 is 6.03 Å². The van der Waals surface area contributed by atoms with Gasteiger partial charge in [-0.05, 0) is 54.1 Å². The van der Waals surface area contributed by atoms with E-state index in [4.69, 9.17) is 5.73 Å². The van der Waals surface area contributed by atoms with Crippen molar-refractivity contribution in [2.24, 2.45) is 5.73 Å². The number of rotatable bonds is 7. The normalized spacial score (nSPS) is 10.6. The molecule has 0 spiro atoms. The molecule has 0 fully saturated rings. The second-order valence-corrected chi connectivity index (χ2v) is 7.39. The van der Waals surface area contributed by atoms with Crippen LogP contribution in [0.2, 0.25) is 0 Å². The van der Waals surface area contributed by atoms with Gasteiger partial charge in [-0.1, -0.05) is 30.3 Å². The molecule has 1 aromatic heterocycles. The van der Waals surface area contributed by atoms with Crippen molar-refractivity contribution in [3.05, 3.63) is 108 Å². The molecule has 0 unspecified atom stereocenters. The van der Waals surface area contributed by atoms with Crippen LogP contribution in [0, 0.1) is 5.82 Å². The Bertz CT molecular complexity index is 1250. The number of para-hydroxylation sites is 1. The van der Waals surface area contributed by atoms with Gasteiger partial charge >= 0.3 is 6.03 Å². The molecule has 0 saturated carbocycles. The second kappa shape index (κ2) is 9.78. The lowest BCUT2D eigenvalue weighted by atomic mass is 10.1.